The van der Waals surface area contributed by atoms with Gasteiger partial charge in [0.1, 0.15) is 0 Å². The lowest BCUT2D eigenvalue weighted by Crippen LogP contribution is -2.36. The van der Waals surface area contributed by atoms with Gasteiger partial charge in [0.15, 0.2) is 0 Å². The molecule has 3 rings (SSSR count). The number of nitrogens with zero attached hydrogens (tertiary/aromatic N) is 1. The van der Waals surface area contributed by atoms with Crippen LogP contribution >= 0.6 is 0 Å². The van der Waals surface area contributed by atoms with E-state index < -0.39 is 17.7 Å². The first-order chi connectivity index (χ1) is 18.8. The summed E-state index contributed by atoms with van der Waals surface area (Å²) >= 11 is 0. The van der Waals surface area contributed by atoms with Crippen molar-refractivity contribution in [3.05, 3.63) is 107 Å². The van der Waals surface area contributed by atoms with Crippen LogP contribution < -0.4 is 16.0 Å². The molecule has 0 saturated heterocycles. The summed E-state index contributed by atoms with van der Waals surface area (Å²) in [6.07, 6.45) is -2.14. The van der Waals surface area contributed by atoms with Crippen LogP contribution in [0.15, 0.2) is 90.1 Å². The van der Waals surface area contributed by atoms with Gasteiger partial charge in [-0.1, -0.05) is 60.7 Å². The van der Waals surface area contributed by atoms with Crippen LogP contribution in [0.25, 0.3) is 5.70 Å². The number of rotatable bonds is 14. The van der Waals surface area contributed by atoms with Crippen molar-refractivity contribution in [1.82, 2.24) is 10.6 Å². The summed E-state index contributed by atoms with van der Waals surface area (Å²) in [7, 11) is 1.82. The fourth-order valence-electron chi connectivity index (χ4n) is 4.01. The van der Waals surface area contributed by atoms with E-state index >= 15 is 0 Å². The average molecular weight is 539 g/mol. The van der Waals surface area contributed by atoms with Gasteiger partial charge in [-0.3, -0.25) is 9.79 Å². The van der Waals surface area contributed by atoms with Crippen molar-refractivity contribution in [3.8, 4) is 0 Å². The second-order valence-electron chi connectivity index (χ2n) is 8.80. The Hall–Kier alpha value is -4.11. The van der Waals surface area contributed by atoms with Crippen LogP contribution in [0.5, 0.6) is 0 Å². The van der Waals surface area contributed by atoms with Gasteiger partial charge in [-0.15, -0.1) is 0 Å². The smallest absolute Gasteiger partial charge is 0.388 e. The molecule has 9 heteroatoms. The molecule has 0 fully saturated rings. The highest BCUT2D eigenvalue weighted by molar-refractivity contribution is 5.83. The van der Waals surface area contributed by atoms with E-state index in [2.05, 4.69) is 27.7 Å². The number of alkyl halides is 3. The minimum absolute atomic E-state index is 0.0495. The number of carbonyl (C=O) groups excluding carboxylic acids is 1. The lowest BCUT2D eigenvalue weighted by molar-refractivity contribution is -0.137. The van der Waals surface area contributed by atoms with E-state index in [1.807, 2.05) is 61.6 Å². The summed E-state index contributed by atoms with van der Waals surface area (Å²) < 4.78 is 45.8. The first kappa shape index (κ1) is 29.4. The normalized spacial score (nSPS) is 12.5. The molecule has 0 radical (unpaired) electrons. The van der Waals surface area contributed by atoms with E-state index in [4.69, 9.17) is 4.74 Å². The van der Waals surface area contributed by atoms with Crippen LogP contribution in [-0.2, 0) is 22.3 Å². The molecule has 3 N–H and O–H groups in total. The lowest BCUT2D eigenvalue weighted by Gasteiger charge is -2.20. The van der Waals surface area contributed by atoms with E-state index in [-0.39, 0.29) is 12.6 Å². The predicted molar refractivity (Wildman–Crippen MR) is 149 cm³/mol. The average Bonchev–Trinajstić information content (AvgIpc) is 2.94. The van der Waals surface area contributed by atoms with Crippen molar-refractivity contribution in [1.29, 1.82) is 0 Å². The maximum absolute atomic E-state index is 13.4. The first-order valence-corrected chi connectivity index (χ1v) is 12.6. The number of anilines is 1. The molecule has 1 atom stereocenters. The molecular weight excluding hydrogens is 505 g/mol. The summed E-state index contributed by atoms with van der Waals surface area (Å²) in [5.74, 6) is -1.17. The van der Waals surface area contributed by atoms with Gasteiger partial charge in [-0.05, 0) is 54.4 Å². The summed E-state index contributed by atoms with van der Waals surface area (Å²) in [6.45, 7) is 4.34. The Bertz CT molecular complexity index is 1230. The minimum atomic E-state index is -4.50. The molecule has 3 aromatic carbocycles. The van der Waals surface area contributed by atoms with Crippen LogP contribution in [0.1, 0.15) is 41.0 Å². The van der Waals surface area contributed by atoms with Crippen molar-refractivity contribution < 1.29 is 22.7 Å². The topological polar surface area (TPSA) is 74.8 Å². The van der Waals surface area contributed by atoms with Crippen molar-refractivity contribution in [2.45, 2.75) is 31.5 Å². The predicted octanol–water partition coefficient (Wildman–Crippen LogP) is 6.19. The minimum Gasteiger partial charge on any atom is -0.388 e. The van der Waals surface area contributed by atoms with Gasteiger partial charge >= 0.3 is 6.18 Å². The standard InChI is InChI=1S/C30H33F3N4O2/c1-34-19-28(23-13-15-26(35-2)16-14-23)36-21-37-29(38)27(24-10-6-11-25(18-24)30(31,32)33)12-7-17-39-20-22-8-4-3-5-9-22/h3-6,8-11,13-16,18-19,27,35-36H,1,7,12,17,20-21H2,2H3,(H,37,38)/b28-19-. The molecule has 1 amide bonds. The van der Waals surface area contributed by atoms with Gasteiger partial charge < -0.3 is 20.7 Å². The zero-order valence-electron chi connectivity index (χ0n) is 21.8. The molecule has 1 unspecified atom stereocenters. The molecule has 0 spiro atoms. The van der Waals surface area contributed by atoms with Crippen LogP contribution in [-0.4, -0.2) is 32.9 Å². The highest BCUT2D eigenvalue weighted by Crippen LogP contribution is 2.32. The molecule has 0 aliphatic carbocycles. The summed E-state index contributed by atoms with van der Waals surface area (Å²) in [5, 5.41) is 8.96. The molecule has 0 aliphatic rings. The highest BCUT2D eigenvalue weighted by atomic mass is 19.4. The van der Waals surface area contributed by atoms with Crippen molar-refractivity contribution >= 4 is 24.0 Å². The van der Waals surface area contributed by atoms with Gasteiger partial charge in [0.2, 0.25) is 5.91 Å². The van der Waals surface area contributed by atoms with E-state index in [0.717, 1.165) is 28.9 Å². The second kappa shape index (κ2) is 14.7. The summed E-state index contributed by atoms with van der Waals surface area (Å²) in [6, 6.07) is 22.2. The number of ether oxygens (including phenoxy) is 1. The van der Waals surface area contributed by atoms with Gasteiger partial charge in [-0.2, -0.15) is 13.2 Å². The first-order valence-electron chi connectivity index (χ1n) is 12.6. The third kappa shape index (κ3) is 9.30. The van der Waals surface area contributed by atoms with Gasteiger partial charge in [0.25, 0.3) is 0 Å². The molecule has 0 heterocycles. The van der Waals surface area contributed by atoms with Gasteiger partial charge in [0, 0.05) is 25.5 Å². The molecule has 0 saturated carbocycles. The number of halogens is 3. The summed E-state index contributed by atoms with van der Waals surface area (Å²) in [5.41, 5.74) is 2.95. The maximum atomic E-state index is 13.4. The third-order valence-electron chi connectivity index (χ3n) is 6.07. The number of amides is 1. The molecule has 6 nitrogen and oxygen atoms in total. The maximum Gasteiger partial charge on any atom is 0.416 e. The Kier molecular flexibility index (Phi) is 11.1. The van der Waals surface area contributed by atoms with Crippen LogP contribution in [0.4, 0.5) is 18.9 Å². The number of carbonyl (C=O) groups is 1. The monoisotopic (exact) mass is 538 g/mol. The number of hydrogen-bond acceptors (Lipinski definition) is 5. The molecule has 0 bridgehead atoms. The van der Waals surface area contributed by atoms with Crippen LogP contribution in [0.3, 0.4) is 0 Å². The van der Waals surface area contributed by atoms with E-state index in [0.29, 0.717) is 37.3 Å². The molecule has 3 aromatic rings. The van der Waals surface area contributed by atoms with E-state index in [1.165, 1.54) is 12.3 Å². The van der Waals surface area contributed by atoms with Crippen LogP contribution in [0.2, 0.25) is 0 Å². The van der Waals surface area contributed by atoms with Crippen LogP contribution in [0, 0.1) is 0 Å². The fraction of sp³-hybridized carbons (Fsp3) is 0.267. The zero-order chi connectivity index (χ0) is 28.1. The number of hydrogen-bond donors (Lipinski definition) is 3. The Morgan fingerprint density at radius 1 is 1.03 bits per heavy atom. The molecule has 39 heavy (non-hydrogen) atoms. The van der Waals surface area contributed by atoms with Gasteiger partial charge in [0.05, 0.1) is 30.5 Å². The van der Waals surface area contributed by atoms with E-state index in [1.54, 1.807) is 6.07 Å². The zero-order valence-corrected chi connectivity index (χ0v) is 21.8. The van der Waals surface area contributed by atoms with Gasteiger partial charge in [-0.25, -0.2) is 0 Å². The molecule has 0 aromatic heterocycles. The highest BCUT2D eigenvalue weighted by Gasteiger charge is 2.31. The Labute approximate surface area is 227 Å². The Morgan fingerprint density at radius 3 is 2.44 bits per heavy atom. The quantitative estimate of drug-likeness (QED) is 0.130. The largest absolute Gasteiger partial charge is 0.416 e. The van der Waals surface area contributed by atoms with E-state index in [9.17, 15) is 18.0 Å². The lowest BCUT2D eigenvalue weighted by atomic mass is 9.92. The molecule has 206 valence electrons. The Morgan fingerprint density at radius 2 is 1.77 bits per heavy atom. The summed E-state index contributed by atoms with van der Waals surface area (Å²) in [4.78, 5) is 17.0. The number of benzene rings is 3. The van der Waals surface area contributed by atoms with Crippen molar-refractivity contribution in [2.24, 2.45) is 4.99 Å². The fourth-order valence-corrected chi connectivity index (χ4v) is 4.01. The second-order valence-corrected chi connectivity index (χ2v) is 8.80. The molecule has 0 aliphatic heterocycles. The number of nitrogens with one attached hydrogen (secondary N) is 3. The Balaban J connectivity index is 1.65. The number of aliphatic imine (C=N–C) groups is 1. The molecular formula is C30H33F3N4O2. The SMILES string of the molecule is C=N/C=C(\NCNC(=O)C(CCCOCc1ccccc1)c1cccc(C(F)(F)F)c1)c1ccc(NC)cc1. The van der Waals surface area contributed by atoms with Crippen molar-refractivity contribution in [3.63, 3.8) is 0 Å². The van der Waals surface area contributed by atoms with Crippen molar-refractivity contribution in [2.75, 3.05) is 25.6 Å². The third-order valence-corrected chi connectivity index (χ3v) is 6.07.